The molecular weight excluding hydrogens is 789 g/mol. The molecule has 12 N–H and O–H groups in total. The van der Waals surface area contributed by atoms with Gasteiger partial charge in [0.1, 0.15) is 18.4 Å². The molecule has 16 atom stereocenters. The number of quaternary nitrogens is 1. The van der Waals surface area contributed by atoms with Gasteiger partial charge in [0, 0.05) is 39.2 Å². The first-order chi connectivity index (χ1) is 30.0. The normalized spacial score (nSPS) is 39.2. The molecule has 6 aliphatic rings. The zero-order chi connectivity index (χ0) is 43.8. The number of piperidine rings is 2. The minimum absolute atomic E-state index is 0.0165. The van der Waals surface area contributed by atoms with Crippen LogP contribution in [-0.2, 0) is 23.7 Å². The van der Waals surface area contributed by atoms with Crippen molar-refractivity contribution in [1.29, 1.82) is 0 Å². The summed E-state index contributed by atoms with van der Waals surface area (Å²) < 4.78 is 26.2. The summed E-state index contributed by atoms with van der Waals surface area (Å²) >= 11 is 0. The van der Waals surface area contributed by atoms with E-state index in [-0.39, 0.29) is 60.5 Å². The summed E-state index contributed by atoms with van der Waals surface area (Å²) in [5.41, 5.74) is 12.6. The zero-order valence-corrected chi connectivity index (χ0v) is 38.7. The van der Waals surface area contributed by atoms with Crippen LogP contribution in [-0.4, -0.2) is 127 Å². The fourth-order valence-electron chi connectivity index (χ4n) is 12.2. The number of guanidine groups is 1. The summed E-state index contributed by atoms with van der Waals surface area (Å²) in [6, 6.07) is 0.239. The lowest BCUT2D eigenvalue weighted by Gasteiger charge is -2.46. The molecule has 0 aromatic heterocycles. The van der Waals surface area contributed by atoms with Crippen molar-refractivity contribution >= 4 is 11.9 Å². The van der Waals surface area contributed by atoms with Crippen molar-refractivity contribution in [2.75, 3.05) is 32.8 Å². The number of nitrogens with one attached hydrogen (secondary N) is 3. The van der Waals surface area contributed by atoms with Crippen LogP contribution in [0.15, 0.2) is 0 Å². The molecule has 3 heterocycles. The second-order valence-corrected chi connectivity index (χ2v) is 20.7. The van der Waals surface area contributed by atoms with Gasteiger partial charge in [0.2, 0.25) is 0 Å². The molecule has 0 aromatic rings. The van der Waals surface area contributed by atoms with E-state index in [0.29, 0.717) is 56.0 Å². The number of rotatable bonds is 20. The first-order valence-corrected chi connectivity index (χ1v) is 25.6. The average molecular weight is 879 g/mol. The predicted octanol–water partition coefficient (Wildman–Crippen LogP) is 1.84. The number of aliphatic hydroxyl groups excluding tert-OH is 3. The van der Waals surface area contributed by atoms with Gasteiger partial charge in [-0.05, 0) is 145 Å². The van der Waals surface area contributed by atoms with Crippen molar-refractivity contribution in [3.63, 3.8) is 0 Å². The summed E-state index contributed by atoms with van der Waals surface area (Å²) in [7, 11) is 0. The summed E-state index contributed by atoms with van der Waals surface area (Å²) in [5.74, 6) is 2.31. The van der Waals surface area contributed by atoms with Gasteiger partial charge in [-0.3, -0.25) is 26.6 Å². The molecular formula is C48H90N6O8+2. The lowest BCUT2D eigenvalue weighted by molar-refractivity contribution is -0.699. The highest BCUT2D eigenvalue weighted by Crippen LogP contribution is 2.42. The minimum atomic E-state index is -0.923. The molecule has 3 aliphatic heterocycles. The summed E-state index contributed by atoms with van der Waals surface area (Å²) in [6.45, 7) is 8.36. The SMILES string of the molecule is CCCCCC(CC1CCC(O)C(OC2CCCC(NC(N)=[NH+]CCCC3CC[NH2+]C(N)C3)C2)C1)C1CC(OC(C)=O)CC(C2CC(O)C(O)C(OCCC3CCCNC3)C2)O1. The van der Waals surface area contributed by atoms with E-state index in [4.69, 9.17) is 30.4 Å². The summed E-state index contributed by atoms with van der Waals surface area (Å²) in [5, 5.41) is 42.7. The van der Waals surface area contributed by atoms with Crippen molar-refractivity contribution in [2.24, 2.45) is 41.1 Å². The highest BCUT2D eigenvalue weighted by atomic mass is 16.6. The Kier molecular flexibility index (Phi) is 20.8. The topological polar surface area (TPSA) is 221 Å². The van der Waals surface area contributed by atoms with Gasteiger partial charge < -0.3 is 44.9 Å². The number of nitrogens with two attached hydrogens (primary N) is 3. The number of esters is 1. The molecule has 0 radical (unpaired) electrons. The molecule has 6 rings (SSSR count). The van der Waals surface area contributed by atoms with Crippen molar-refractivity contribution in [1.82, 2.24) is 10.6 Å². The largest absolute Gasteiger partial charge is 0.462 e. The Hall–Kier alpha value is -1.62. The number of hydrogen-bond acceptors (Lipinski definition) is 10. The van der Waals surface area contributed by atoms with Crippen LogP contribution in [0.25, 0.3) is 0 Å². The van der Waals surface area contributed by atoms with Gasteiger partial charge in [0.25, 0.3) is 0 Å². The highest BCUT2D eigenvalue weighted by molar-refractivity contribution is 5.72. The molecule has 6 fully saturated rings. The third kappa shape index (κ3) is 16.1. The molecule has 3 saturated carbocycles. The fraction of sp³-hybridized carbons (Fsp3) is 0.958. The lowest BCUT2D eigenvalue weighted by Crippen LogP contribution is -2.94. The predicted molar refractivity (Wildman–Crippen MR) is 240 cm³/mol. The second kappa shape index (κ2) is 25.9. The van der Waals surface area contributed by atoms with E-state index in [1.54, 1.807) is 0 Å². The van der Waals surface area contributed by atoms with Gasteiger partial charge in [0.05, 0.1) is 61.9 Å². The number of ether oxygens (including phenoxy) is 4. The van der Waals surface area contributed by atoms with E-state index in [9.17, 15) is 20.1 Å². The number of unbranched alkanes of at least 4 members (excludes halogenated alkanes) is 2. The number of carbonyl (C=O) groups is 1. The van der Waals surface area contributed by atoms with Crippen LogP contribution < -0.4 is 32.4 Å². The van der Waals surface area contributed by atoms with Crippen molar-refractivity contribution < 1.29 is 49.4 Å². The van der Waals surface area contributed by atoms with Gasteiger partial charge in [-0.15, -0.1) is 0 Å². The van der Waals surface area contributed by atoms with Gasteiger partial charge in [-0.2, -0.15) is 0 Å². The van der Waals surface area contributed by atoms with Crippen molar-refractivity contribution in [3.05, 3.63) is 0 Å². The molecule has 0 bridgehead atoms. The van der Waals surface area contributed by atoms with E-state index in [0.717, 1.165) is 122 Å². The Morgan fingerprint density at radius 1 is 0.887 bits per heavy atom. The van der Waals surface area contributed by atoms with Crippen LogP contribution in [0.2, 0.25) is 0 Å². The highest BCUT2D eigenvalue weighted by Gasteiger charge is 2.45. The maximum atomic E-state index is 12.4. The van der Waals surface area contributed by atoms with E-state index in [1.807, 2.05) is 0 Å². The quantitative estimate of drug-likeness (QED) is 0.0371. The standard InChI is InChI=1S/C48H88N6O8/c1-3-4-5-11-35(42-28-39(60-31(2)55)29-43(62-42)36-25-41(57)47(58)45(26-36)59-21-17-33-10-7-18-51-30-33)22-34-14-15-40(56)44(23-34)61-38-13-6-12-37(27-38)54-48(50)53-19-8-9-32-16-20-52-46(49)24-32/h32-47,51-52,56-58H,3-30,49H2,1-2H3,(H3,50,53,54)/p+2. The molecule has 14 heteroatoms. The third-order valence-corrected chi connectivity index (χ3v) is 15.6. The van der Waals surface area contributed by atoms with Gasteiger partial charge >= 0.3 is 11.9 Å². The lowest BCUT2D eigenvalue weighted by atomic mass is 9.74. The number of hydrogen-bond donors (Lipinski definition) is 9. The van der Waals surface area contributed by atoms with E-state index in [1.165, 1.54) is 32.6 Å². The molecule has 3 aliphatic carbocycles. The molecule has 62 heavy (non-hydrogen) atoms. The van der Waals surface area contributed by atoms with E-state index in [2.05, 4.69) is 27.9 Å². The Labute approximate surface area is 373 Å². The Morgan fingerprint density at radius 2 is 1.76 bits per heavy atom. The second-order valence-electron chi connectivity index (χ2n) is 20.7. The zero-order valence-electron chi connectivity index (χ0n) is 38.7. The molecule has 0 aromatic carbocycles. The summed E-state index contributed by atoms with van der Waals surface area (Å²) in [4.78, 5) is 15.8. The Balaban J connectivity index is 1.03. The maximum Gasteiger partial charge on any atom is 0.341 e. The van der Waals surface area contributed by atoms with Crippen LogP contribution in [0.5, 0.6) is 0 Å². The first-order valence-electron chi connectivity index (χ1n) is 25.6. The van der Waals surface area contributed by atoms with Gasteiger partial charge in [-0.1, -0.05) is 26.2 Å². The van der Waals surface area contributed by atoms with Crippen LogP contribution in [0.4, 0.5) is 0 Å². The third-order valence-electron chi connectivity index (χ3n) is 15.6. The Morgan fingerprint density at radius 3 is 2.55 bits per heavy atom. The van der Waals surface area contributed by atoms with E-state index < -0.39 is 24.4 Å². The monoisotopic (exact) mass is 879 g/mol. The molecule has 0 amide bonds. The van der Waals surface area contributed by atoms with Crippen LogP contribution >= 0.6 is 0 Å². The average Bonchev–Trinajstić information content (AvgIpc) is 3.25. The molecule has 14 nitrogen and oxygen atoms in total. The van der Waals surface area contributed by atoms with Crippen LogP contribution in [0, 0.1) is 29.6 Å². The first kappa shape index (κ1) is 49.8. The molecule has 0 spiro atoms. The fourth-order valence-corrected chi connectivity index (χ4v) is 12.2. The smallest absolute Gasteiger partial charge is 0.341 e. The Bertz CT molecular complexity index is 1330. The van der Waals surface area contributed by atoms with Gasteiger partial charge in [0.15, 0.2) is 0 Å². The van der Waals surface area contributed by atoms with Crippen molar-refractivity contribution in [3.8, 4) is 0 Å². The van der Waals surface area contributed by atoms with Gasteiger partial charge in [-0.25, -0.2) is 0 Å². The minimum Gasteiger partial charge on any atom is -0.462 e. The maximum absolute atomic E-state index is 12.4. The van der Waals surface area contributed by atoms with Crippen molar-refractivity contribution in [2.45, 2.75) is 229 Å². The number of carbonyl (C=O) groups excluding carboxylic acids is 1. The molecule has 358 valence electrons. The van der Waals surface area contributed by atoms with Crippen LogP contribution in [0.1, 0.15) is 162 Å². The molecule has 16 unspecified atom stereocenters. The van der Waals surface area contributed by atoms with E-state index >= 15 is 0 Å². The number of aliphatic hydroxyl groups is 3. The molecule has 3 saturated heterocycles. The summed E-state index contributed by atoms with van der Waals surface area (Å²) in [6.07, 6.45) is 18.9. The van der Waals surface area contributed by atoms with Crippen LogP contribution in [0.3, 0.4) is 0 Å².